The SMILES string of the molecule is CC(=O)CC1C(=O)NC2(CN([C@H](C(C)=O)[C@@H](C)O)C2=O)C1C.CC(=O)[C@H]([C@@H](C)O)N1CC2(NC(=O)C(C)(N)C2C)C1=O.CC(=O)[C@H]([C@@H](C)O)N1CC2(NC(=O)C(Cc3ccccc3)C2C)C1=O.CC(=O)[C@H]([C@@H](C)O)N1CC2(NC(=O)C(N(C)C(C)=O)C2C)C1=O.CC(=O)[C@H]([C@@H](C)O)N1CC2(NC(=O)C(N)C2C)C1=O.CCC1C(=O)NC2(CN([C@H](C(C)=O)[C@@H](C)O)C2=O)C1C. The minimum Gasteiger partial charge on any atom is -0.391 e. The third-order valence-corrected chi connectivity index (χ3v) is 29.3. The molecule has 0 aromatic heterocycles. The number of aliphatic hydroxyl groups excluding tert-OH is 6. The lowest BCUT2D eigenvalue weighted by Crippen LogP contribution is -2.77. The number of benzene rings is 1. The van der Waals surface area contributed by atoms with Gasteiger partial charge in [-0.25, -0.2) is 0 Å². The standard InChI is InChI=1S/C19H24N2O4.C15H23N3O5.C15H22N2O5.C14H22N2O4.C13H21N3O4.C12H19N3O4/c1-11-15(9-14-7-5-4-6-8-14)17(24)20-19(11)10-21(18(19)25)16(12(2)22)13(3)23;1-7-11(17(5)10(4)21)13(22)16-15(7)6-18(14(15)23)12(8(2)19)9(3)20;1-7(18)5-11-8(2)15(16-13(11)21)6-17(14(15)22)12(9(3)19)10(4)20;1-5-10-7(2)14(15-12(10)19)6-16(13(14)20)11(8(3)17)9(4)18;1-6(17)9(7(2)18)16-5-13(11(16)20)8(3)12(4,14)10(19)15-13;1-5-8(13)10(18)14-12(5)4-15(11(12)19)9(6(2)16)7(3)17/h4-8,11-12,15-16,22H,9-10H2,1-3H3,(H,20,24);7-8,11-12,19H,6H2,1-5H3,(H,16,22);8-9,11-12,19H,5-6H2,1-4H3,(H,16,21);7-8,10-11,17H,5-6H2,1-4H3,(H,15,19);6,8-9,17H,5,14H2,1-4H3,(H,15,19);5-6,8-9,16H,4,13H2,1-3H3,(H,14,18)/t11?,12-,15?,16+,19?;7?,8-,11?,12+,15?;8?,9-,11?,12+,15?;7?,8-,10?,11+,14?;6-,8?,9+,12?,13?;5?,6-,8?,9+,12?/m111111/s1. The molecule has 41 heteroatoms. The summed E-state index contributed by atoms with van der Waals surface area (Å²) in [6.45, 7) is 35.3. The van der Waals surface area contributed by atoms with Gasteiger partial charge in [-0.1, -0.05) is 78.8 Å². The first kappa shape index (κ1) is 104. The van der Waals surface area contributed by atoms with E-state index in [4.69, 9.17) is 11.5 Å². The van der Waals surface area contributed by atoms with Crippen molar-refractivity contribution in [3.63, 3.8) is 0 Å². The van der Waals surface area contributed by atoms with Crippen LogP contribution in [-0.4, -0.2) is 352 Å². The van der Waals surface area contributed by atoms with E-state index >= 15 is 0 Å². The second-order valence-corrected chi connectivity index (χ2v) is 38.0. The van der Waals surface area contributed by atoms with Gasteiger partial charge in [0.25, 0.3) is 35.4 Å². The van der Waals surface area contributed by atoms with Crippen LogP contribution in [0.3, 0.4) is 0 Å². The number of β-lactam (4-membered cyclic amide) rings is 6. The van der Waals surface area contributed by atoms with Crippen LogP contribution < -0.4 is 43.4 Å². The summed E-state index contributed by atoms with van der Waals surface area (Å²) in [5.41, 5.74) is 5.60. The van der Waals surface area contributed by atoms with Gasteiger partial charge in [0.2, 0.25) is 41.4 Å². The van der Waals surface area contributed by atoms with Crippen LogP contribution in [0.25, 0.3) is 0 Å². The first-order valence-corrected chi connectivity index (χ1v) is 43.7. The maximum Gasteiger partial charge on any atom is 0.251 e. The Morgan fingerprint density at radius 2 is 0.659 bits per heavy atom. The number of nitrogens with one attached hydrogen (secondary N) is 6. The summed E-state index contributed by atoms with van der Waals surface area (Å²) in [7, 11) is 1.52. The minimum absolute atomic E-state index is 0.0923. The Labute approximate surface area is 749 Å². The van der Waals surface area contributed by atoms with E-state index in [2.05, 4.69) is 31.9 Å². The van der Waals surface area contributed by atoms with Crippen molar-refractivity contribution in [3.05, 3.63) is 35.9 Å². The largest absolute Gasteiger partial charge is 0.391 e. The Bertz CT molecular complexity index is 4690. The molecular formula is C88H131N15O26. The highest BCUT2D eigenvalue weighted by Gasteiger charge is 2.72. The topological polar surface area (TPSA) is 610 Å². The van der Waals surface area contributed by atoms with Gasteiger partial charge in [-0.3, -0.25) is 91.1 Å². The molecule has 30 atom stereocenters. The molecule has 13 amide bonds. The lowest BCUT2D eigenvalue weighted by Gasteiger charge is -2.52. The second-order valence-electron chi connectivity index (χ2n) is 38.0. The highest BCUT2D eigenvalue weighted by molar-refractivity contribution is 6.09. The van der Waals surface area contributed by atoms with Gasteiger partial charge in [-0.05, 0) is 115 Å². The summed E-state index contributed by atoms with van der Waals surface area (Å²) in [4.78, 5) is 249. The van der Waals surface area contributed by atoms with Crippen molar-refractivity contribution in [1.82, 2.24) is 66.2 Å². The molecule has 18 unspecified atom stereocenters. The zero-order valence-corrected chi connectivity index (χ0v) is 77.7. The van der Waals surface area contributed by atoms with Crippen LogP contribution in [0.2, 0.25) is 0 Å². The third kappa shape index (κ3) is 18.0. The van der Waals surface area contributed by atoms with E-state index in [-0.39, 0.29) is 198 Å². The molecule has 12 heterocycles. The van der Waals surface area contributed by atoms with Crippen molar-refractivity contribution in [3.8, 4) is 0 Å². The molecule has 1 aromatic rings. The molecule has 16 N–H and O–H groups in total. The number of nitrogens with two attached hydrogens (primary N) is 2. The number of carbonyl (C=O) groups is 20. The summed E-state index contributed by atoms with van der Waals surface area (Å²) < 4.78 is 0. The number of rotatable bonds is 24. The molecule has 12 fully saturated rings. The van der Waals surface area contributed by atoms with Gasteiger partial charge in [0.05, 0.1) is 93.4 Å². The number of hydrogen-bond acceptors (Lipinski definition) is 28. The molecule has 13 rings (SSSR count). The molecule has 129 heavy (non-hydrogen) atoms. The molecule has 0 bridgehead atoms. The summed E-state index contributed by atoms with van der Waals surface area (Å²) in [5.74, 6) is -8.30. The zero-order chi connectivity index (χ0) is 98.1. The van der Waals surface area contributed by atoms with Crippen LogP contribution in [0.4, 0.5) is 0 Å². The molecule has 6 spiro atoms. The summed E-state index contributed by atoms with van der Waals surface area (Å²) in [5, 5.41) is 74.6. The number of ketones is 7. The predicted molar refractivity (Wildman–Crippen MR) is 456 cm³/mol. The van der Waals surface area contributed by atoms with E-state index in [1.807, 2.05) is 51.1 Å². The van der Waals surface area contributed by atoms with Crippen LogP contribution in [0, 0.1) is 53.3 Å². The van der Waals surface area contributed by atoms with Gasteiger partial charge in [0, 0.05) is 67.7 Å². The van der Waals surface area contributed by atoms with Crippen molar-refractivity contribution in [1.29, 1.82) is 0 Å². The number of likely N-dealkylation sites (N-methyl/N-ethyl adjacent to an activating group) is 1. The fourth-order valence-electron chi connectivity index (χ4n) is 21.2. The van der Waals surface area contributed by atoms with E-state index in [1.54, 1.807) is 34.6 Å². The summed E-state index contributed by atoms with van der Waals surface area (Å²) in [6, 6.07) is 3.07. The van der Waals surface area contributed by atoms with Crippen LogP contribution >= 0.6 is 0 Å². The van der Waals surface area contributed by atoms with Gasteiger partial charge < -0.3 is 113 Å². The number of carbonyl (C=O) groups excluding carboxylic acids is 20. The van der Waals surface area contributed by atoms with Gasteiger partial charge in [0.1, 0.15) is 81.3 Å². The number of hydrogen-bond donors (Lipinski definition) is 14. The Hall–Kier alpha value is -10.3. The normalized spacial score (nSPS) is 34.6. The molecule has 12 saturated heterocycles. The van der Waals surface area contributed by atoms with Crippen LogP contribution in [0.5, 0.6) is 0 Å². The molecule has 1 aromatic carbocycles. The number of nitrogens with zero attached hydrogens (tertiary/aromatic N) is 7. The number of amides is 13. The van der Waals surface area contributed by atoms with E-state index < -0.39 is 136 Å². The smallest absolute Gasteiger partial charge is 0.251 e. The summed E-state index contributed by atoms with van der Waals surface area (Å²) in [6.07, 6.45) is -4.34. The fraction of sp³-hybridized carbons (Fsp3) is 0.705. The Balaban J connectivity index is 0.000000192. The molecular weight excluding hydrogens is 1680 g/mol. The van der Waals surface area contributed by atoms with Gasteiger partial charge in [-0.15, -0.1) is 0 Å². The summed E-state index contributed by atoms with van der Waals surface area (Å²) >= 11 is 0. The monoisotopic (exact) mass is 1810 g/mol. The Morgan fingerprint density at radius 1 is 0.395 bits per heavy atom. The van der Waals surface area contributed by atoms with Crippen LogP contribution in [0.1, 0.15) is 171 Å². The van der Waals surface area contributed by atoms with Gasteiger partial charge >= 0.3 is 0 Å². The minimum atomic E-state index is -1.11. The van der Waals surface area contributed by atoms with Crippen molar-refractivity contribution < 1.29 is 127 Å². The Morgan fingerprint density at radius 3 is 0.907 bits per heavy atom. The van der Waals surface area contributed by atoms with E-state index in [9.17, 15) is 127 Å². The van der Waals surface area contributed by atoms with Crippen LogP contribution in [0.15, 0.2) is 30.3 Å². The first-order chi connectivity index (χ1) is 59.5. The maximum atomic E-state index is 12.8. The van der Waals surface area contributed by atoms with E-state index in [1.165, 1.54) is 138 Å². The lowest BCUT2D eigenvalue weighted by molar-refractivity contribution is -0.166. The third-order valence-electron chi connectivity index (χ3n) is 29.3. The van der Waals surface area contributed by atoms with Crippen LogP contribution in [-0.2, 0) is 102 Å². The predicted octanol–water partition coefficient (Wildman–Crippen LogP) is -5.60. The number of Topliss-reactive ketones (excluding diaryl/α,β-unsaturated/α-hetero) is 7. The average Bonchev–Trinajstić information content (AvgIpc) is 1.54. The fourth-order valence-corrected chi connectivity index (χ4v) is 21.2. The van der Waals surface area contributed by atoms with Crippen molar-refractivity contribution >= 4 is 117 Å². The quantitative estimate of drug-likeness (QED) is 0.0429. The van der Waals surface area contributed by atoms with Gasteiger partial charge in [-0.2, -0.15) is 0 Å². The maximum absolute atomic E-state index is 12.8. The molecule has 0 aliphatic carbocycles. The highest BCUT2D eigenvalue weighted by atomic mass is 16.3. The molecule has 41 nitrogen and oxygen atoms in total. The number of aliphatic hydroxyl groups is 6. The molecule has 0 saturated carbocycles. The molecule has 714 valence electrons. The molecule has 0 radical (unpaired) electrons. The zero-order valence-electron chi connectivity index (χ0n) is 77.7. The molecule has 12 aliphatic rings. The highest BCUT2D eigenvalue weighted by Crippen LogP contribution is 2.48. The van der Waals surface area contributed by atoms with Crippen molar-refractivity contribution in [2.24, 2.45) is 64.7 Å². The van der Waals surface area contributed by atoms with Gasteiger partial charge in [0.15, 0.2) is 34.7 Å². The Kier molecular flexibility index (Phi) is 30.9. The van der Waals surface area contributed by atoms with Crippen molar-refractivity contribution in [2.45, 2.75) is 295 Å². The lowest BCUT2D eigenvalue weighted by atomic mass is 9.72. The number of likely N-dealkylation sites (tertiary alicyclic amines) is 6. The molecule has 12 aliphatic heterocycles. The second kappa shape index (κ2) is 38.3. The van der Waals surface area contributed by atoms with E-state index in [0.29, 0.717) is 19.4 Å². The van der Waals surface area contributed by atoms with Crippen molar-refractivity contribution in [2.75, 3.05) is 46.3 Å². The average molecular weight is 1820 g/mol. The first-order valence-electron chi connectivity index (χ1n) is 43.7. The van der Waals surface area contributed by atoms with E-state index in [0.717, 1.165) is 5.56 Å².